The number of rotatable bonds is 3. The molecular formula is C15H19F3N2O. The van der Waals surface area contributed by atoms with Crippen molar-refractivity contribution in [2.75, 3.05) is 19.3 Å². The van der Waals surface area contributed by atoms with Gasteiger partial charge >= 0.3 is 6.18 Å². The monoisotopic (exact) mass is 300 g/mol. The highest BCUT2D eigenvalue weighted by atomic mass is 19.4. The first-order chi connectivity index (χ1) is 9.79. The smallest absolute Gasteiger partial charge is 0.398 e. The zero-order chi connectivity index (χ0) is 15.6. The summed E-state index contributed by atoms with van der Waals surface area (Å²) < 4.78 is 38.2. The number of hydrogen-bond donors (Lipinski definition) is 1. The van der Waals surface area contributed by atoms with Crippen LogP contribution in [0, 0.1) is 5.92 Å². The molecule has 1 saturated carbocycles. The highest BCUT2D eigenvalue weighted by Crippen LogP contribution is 2.32. The summed E-state index contributed by atoms with van der Waals surface area (Å²) in [6, 6.07) is 2.87. The van der Waals surface area contributed by atoms with E-state index >= 15 is 0 Å². The molecular weight excluding hydrogens is 281 g/mol. The van der Waals surface area contributed by atoms with Gasteiger partial charge in [-0.15, -0.1) is 0 Å². The van der Waals surface area contributed by atoms with Crippen LogP contribution in [0.15, 0.2) is 18.2 Å². The number of nitrogens with zero attached hydrogens (tertiary/aromatic N) is 1. The van der Waals surface area contributed by atoms with E-state index in [-0.39, 0.29) is 11.3 Å². The van der Waals surface area contributed by atoms with Crippen molar-refractivity contribution in [2.24, 2.45) is 5.92 Å². The molecule has 1 aliphatic carbocycles. The topological polar surface area (TPSA) is 46.3 Å². The highest BCUT2D eigenvalue weighted by molar-refractivity contribution is 5.99. The number of hydrogen-bond acceptors (Lipinski definition) is 2. The number of nitrogens with two attached hydrogens (primary N) is 1. The summed E-state index contributed by atoms with van der Waals surface area (Å²) in [5.74, 6) is -0.0172. The van der Waals surface area contributed by atoms with Gasteiger partial charge in [-0.05, 0) is 37.0 Å². The zero-order valence-electron chi connectivity index (χ0n) is 11.9. The number of amides is 1. The van der Waals surface area contributed by atoms with E-state index in [0.29, 0.717) is 12.5 Å². The largest absolute Gasteiger partial charge is 0.416 e. The molecule has 2 N–H and O–H groups in total. The van der Waals surface area contributed by atoms with Crippen LogP contribution in [0.1, 0.15) is 41.6 Å². The minimum atomic E-state index is -4.48. The summed E-state index contributed by atoms with van der Waals surface area (Å²) in [4.78, 5) is 13.8. The predicted molar refractivity (Wildman–Crippen MR) is 74.8 cm³/mol. The molecule has 0 saturated heterocycles. The predicted octanol–water partition coefficient (Wildman–Crippen LogP) is 3.55. The van der Waals surface area contributed by atoms with Crippen molar-refractivity contribution in [1.82, 2.24) is 4.90 Å². The van der Waals surface area contributed by atoms with E-state index in [2.05, 4.69) is 0 Å². The van der Waals surface area contributed by atoms with Crippen LogP contribution >= 0.6 is 0 Å². The number of halogens is 3. The molecule has 1 aromatic carbocycles. The third-order valence-corrected chi connectivity index (χ3v) is 3.96. The summed E-state index contributed by atoms with van der Waals surface area (Å²) in [6.45, 7) is 0.564. The summed E-state index contributed by atoms with van der Waals surface area (Å²) in [5.41, 5.74) is 4.81. The zero-order valence-corrected chi connectivity index (χ0v) is 11.9. The second-order valence-electron chi connectivity index (χ2n) is 5.64. The van der Waals surface area contributed by atoms with Crippen molar-refractivity contribution in [1.29, 1.82) is 0 Å². The van der Waals surface area contributed by atoms with E-state index in [0.717, 1.165) is 43.9 Å². The van der Waals surface area contributed by atoms with Crippen molar-refractivity contribution in [3.8, 4) is 0 Å². The highest BCUT2D eigenvalue weighted by Gasteiger charge is 2.32. The maximum absolute atomic E-state index is 12.7. The lowest BCUT2D eigenvalue weighted by atomic mass is 10.0. The SMILES string of the molecule is CN(CC1CCCC1)C(=O)c1cc(C(F)(F)F)ccc1N. The van der Waals surface area contributed by atoms with E-state index in [1.54, 1.807) is 7.05 Å². The average Bonchev–Trinajstić information content (AvgIpc) is 2.90. The first-order valence-electron chi connectivity index (χ1n) is 7.01. The van der Waals surface area contributed by atoms with Crippen molar-refractivity contribution in [3.05, 3.63) is 29.3 Å². The van der Waals surface area contributed by atoms with Gasteiger partial charge in [-0.1, -0.05) is 12.8 Å². The van der Waals surface area contributed by atoms with Gasteiger partial charge in [-0.2, -0.15) is 13.2 Å². The number of carbonyl (C=O) groups excluding carboxylic acids is 1. The molecule has 2 rings (SSSR count). The molecule has 1 aliphatic rings. The molecule has 0 aliphatic heterocycles. The Hall–Kier alpha value is -1.72. The Balaban J connectivity index is 2.17. The third kappa shape index (κ3) is 3.68. The first kappa shape index (κ1) is 15.7. The van der Waals surface area contributed by atoms with E-state index < -0.39 is 17.6 Å². The van der Waals surface area contributed by atoms with Gasteiger partial charge in [-0.25, -0.2) is 0 Å². The van der Waals surface area contributed by atoms with Crippen molar-refractivity contribution in [3.63, 3.8) is 0 Å². The Morgan fingerprint density at radius 1 is 1.33 bits per heavy atom. The van der Waals surface area contributed by atoms with Crippen LogP contribution in [0.4, 0.5) is 18.9 Å². The Kier molecular flexibility index (Phi) is 4.44. The molecule has 0 aromatic heterocycles. The molecule has 116 valence electrons. The molecule has 0 bridgehead atoms. The lowest BCUT2D eigenvalue weighted by molar-refractivity contribution is -0.137. The number of benzene rings is 1. The Labute approximate surface area is 121 Å². The van der Waals surface area contributed by atoms with Crippen LogP contribution in [0.3, 0.4) is 0 Å². The molecule has 0 atom stereocenters. The fourth-order valence-corrected chi connectivity index (χ4v) is 2.79. The van der Waals surface area contributed by atoms with Crippen LogP contribution in [-0.4, -0.2) is 24.4 Å². The van der Waals surface area contributed by atoms with Crippen molar-refractivity contribution in [2.45, 2.75) is 31.9 Å². The molecule has 0 unspecified atom stereocenters. The van der Waals surface area contributed by atoms with Gasteiger partial charge in [0.25, 0.3) is 5.91 Å². The Morgan fingerprint density at radius 2 is 1.95 bits per heavy atom. The standard InChI is InChI=1S/C15H19F3N2O/c1-20(9-10-4-2-3-5-10)14(21)12-8-11(15(16,17)18)6-7-13(12)19/h6-8,10H,2-5,9,19H2,1H3. The Morgan fingerprint density at radius 3 is 2.52 bits per heavy atom. The van der Waals surface area contributed by atoms with Gasteiger partial charge < -0.3 is 10.6 Å². The molecule has 1 aromatic rings. The molecule has 3 nitrogen and oxygen atoms in total. The van der Waals surface area contributed by atoms with Crippen LogP contribution in [0.2, 0.25) is 0 Å². The van der Waals surface area contributed by atoms with Crippen LogP contribution < -0.4 is 5.73 Å². The lowest BCUT2D eigenvalue weighted by Crippen LogP contribution is -2.31. The first-order valence-corrected chi connectivity index (χ1v) is 7.01. The van der Waals surface area contributed by atoms with Gasteiger partial charge in [0.15, 0.2) is 0 Å². The van der Waals surface area contributed by atoms with Gasteiger partial charge in [0, 0.05) is 19.3 Å². The summed E-state index contributed by atoms with van der Waals surface area (Å²) in [6.07, 6.45) is -0.0467. The normalized spacial score (nSPS) is 16.2. The minimum absolute atomic E-state index is 0.0753. The fraction of sp³-hybridized carbons (Fsp3) is 0.533. The summed E-state index contributed by atoms with van der Waals surface area (Å²) in [7, 11) is 1.61. The Bertz CT molecular complexity index is 522. The van der Waals surface area contributed by atoms with Gasteiger partial charge in [-0.3, -0.25) is 4.79 Å². The molecule has 1 fully saturated rings. The van der Waals surface area contributed by atoms with E-state index in [1.807, 2.05) is 0 Å². The van der Waals surface area contributed by atoms with Gasteiger partial charge in [0.05, 0.1) is 11.1 Å². The van der Waals surface area contributed by atoms with Crippen molar-refractivity contribution >= 4 is 11.6 Å². The van der Waals surface area contributed by atoms with E-state index in [1.165, 1.54) is 4.90 Å². The summed E-state index contributed by atoms with van der Waals surface area (Å²) >= 11 is 0. The number of anilines is 1. The van der Waals surface area contributed by atoms with Crippen molar-refractivity contribution < 1.29 is 18.0 Å². The van der Waals surface area contributed by atoms with Crippen LogP contribution in [-0.2, 0) is 6.18 Å². The molecule has 0 heterocycles. The number of alkyl halides is 3. The van der Waals surface area contributed by atoms with Crippen LogP contribution in [0.25, 0.3) is 0 Å². The molecule has 0 spiro atoms. The molecule has 1 amide bonds. The maximum Gasteiger partial charge on any atom is 0.416 e. The second-order valence-corrected chi connectivity index (χ2v) is 5.64. The molecule has 6 heteroatoms. The van der Waals surface area contributed by atoms with E-state index in [9.17, 15) is 18.0 Å². The second kappa shape index (κ2) is 5.95. The maximum atomic E-state index is 12.7. The van der Waals surface area contributed by atoms with Gasteiger partial charge in [0.2, 0.25) is 0 Å². The third-order valence-electron chi connectivity index (χ3n) is 3.96. The lowest BCUT2D eigenvalue weighted by Gasteiger charge is -2.22. The quantitative estimate of drug-likeness (QED) is 0.868. The average molecular weight is 300 g/mol. The van der Waals surface area contributed by atoms with Gasteiger partial charge in [0.1, 0.15) is 0 Å². The minimum Gasteiger partial charge on any atom is -0.398 e. The summed E-state index contributed by atoms with van der Waals surface area (Å²) in [5, 5.41) is 0. The van der Waals surface area contributed by atoms with Crippen LogP contribution in [0.5, 0.6) is 0 Å². The number of nitrogen functional groups attached to an aromatic ring is 1. The fourth-order valence-electron chi connectivity index (χ4n) is 2.79. The number of carbonyl (C=O) groups is 1. The molecule has 0 radical (unpaired) electrons. The van der Waals surface area contributed by atoms with E-state index in [4.69, 9.17) is 5.73 Å². The molecule has 21 heavy (non-hydrogen) atoms.